The van der Waals surface area contributed by atoms with Crippen LogP contribution in [-0.4, -0.2) is 61.9 Å². The smallest absolute Gasteiger partial charge is 0.350 e. The van der Waals surface area contributed by atoms with Gasteiger partial charge in [-0.3, -0.25) is 4.57 Å². The van der Waals surface area contributed by atoms with Crippen LogP contribution in [0.1, 0.15) is 56.1 Å². The first-order valence-electron chi connectivity index (χ1n) is 17.5. The highest BCUT2D eigenvalue weighted by Gasteiger charge is 2.44. The summed E-state index contributed by atoms with van der Waals surface area (Å²) >= 11 is 0. The van der Waals surface area contributed by atoms with Crippen molar-refractivity contribution in [1.29, 1.82) is 0 Å². The van der Waals surface area contributed by atoms with Crippen LogP contribution in [0.25, 0.3) is 5.69 Å². The molecule has 0 radical (unpaired) electrons. The van der Waals surface area contributed by atoms with Gasteiger partial charge in [-0.15, -0.1) is 0 Å². The van der Waals surface area contributed by atoms with Crippen molar-refractivity contribution in [1.82, 2.24) is 29.1 Å². The van der Waals surface area contributed by atoms with E-state index >= 15 is 4.39 Å². The fraction of sp³-hybridized carbons (Fsp3) is 0.421. The van der Waals surface area contributed by atoms with E-state index in [-0.39, 0.29) is 17.6 Å². The van der Waals surface area contributed by atoms with Crippen molar-refractivity contribution in [2.24, 2.45) is 5.92 Å². The van der Waals surface area contributed by atoms with Gasteiger partial charge in [0, 0.05) is 55.2 Å². The molecule has 2 aliphatic rings. The molecule has 50 heavy (non-hydrogen) atoms. The third kappa shape index (κ3) is 6.94. The Labute approximate surface area is 290 Å². The molecule has 0 amide bonds. The quantitative estimate of drug-likeness (QED) is 0.167. The van der Waals surface area contributed by atoms with E-state index in [2.05, 4.69) is 68.3 Å². The molecule has 5 aromatic rings. The summed E-state index contributed by atoms with van der Waals surface area (Å²) in [6.07, 6.45) is 6.51. The van der Waals surface area contributed by atoms with E-state index in [0.717, 1.165) is 62.9 Å². The minimum absolute atomic E-state index is 0.112. The number of hydrogen-bond acceptors (Lipinski definition) is 7. The molecule has 262 valence electrons. The summed E-state index contributed by atoms with van der Waals surface area (Å²) in [7, 11) is 0. The van der Waals surface area contributed by atoms with Crippen LogP contribution in [0.5, 0.6) is 0 Å². The molecule has 3 unspecified atom stereocenters. The molecule has 3 aromatic carbocycles. The van der Waals surface area contributed by atoms with Gasteiger partial charge in [0.05, 0.1) is 18.8 Å². The van der Waals surface area contributed by atoms with Crippen molar-refractivity contribution in [3.8, 4) is 5.69 Å². The largest absolute Gasteiger partial charge is 0.368 e. The highest BCUT2D eigenvalue weighted by atomic mass is 19.1. The summed E-state index contributed by atoms with van der Waals surface area (Å²) in [6, 6.07) is 20.7. The number of aromatic nitrogens is 6. The number of anilines is 2. The van der Waals surface area contributed by atoms with E-state index in [0.29, 0.717) is 31.0 Å². The fourth-order valence-electron chi connectivity index (χ4n) is 7.28. The average Bonchev–Trinajstić information content (AvgIpc) is 3.85. The highest BCUT2D eigenvalue weighted by molar-refractivity contribution is 5.54. The number of nitrogens with zero attached hydrogens (tertiary/aromatic N) is 8. The molecular weight excluding hydrogens is 638 g/mol. The maximum absolute atomic E-state index is 15.1. The lowest BCUT2D eigenvalue weighted by Crippen LogP contribution is -2.46. The standard InChI is InChI=1S/C38H44F2N8O2/c1-4-27(2)47-26-42-48(37(47)49)34-14-12-33(13-15-34)45-19-17-44(18-20-45)32-10-7-29(8-11-32)5-6-30-22-38(50-23-30,24-46-25-41-28(3)43-46)35-16-9-31(39)21-36(35)40/h7-16,21,25-27,30H,4-6,17-20,22-24H2,1-3H3. The third-order valence-corrected chi connectivity index (χ3v) is 10.3. The second-order valence-corrected chi connectivity index (χ2v) is 13.7. The molecule has 2 aliphatic heterocycles. The zero-order valence-corrected chi connectivity index (χ0v) is 28.9. The summed E-state index contributed by atoms with van der Waals surface area (Å²) in [6.45, 7) is 10.3. The second-order valence-electron chi connectivity index (χ2n) is 13.7. The van der Waals surface area contributed by atoms with E-state index in [4.69, 9.17) is 4.74 Å². The summed E-state index contributed by atoms with van der Waals surface area (Å²) in [4.78, 5) is 21.8. The molecule has 0 bridgehead atoms. The summed E-state index contributed by atoms with van der Waals surface area (Å²) in [5.74, 6) is -0.360. The van der Waals surface area contributed by atoms with E-state index < -0.39 is 17.2 Å². The number of rotatable bonds is 11. The van der Waals surface area contributed by atoms with Crippen LogP contribution in [0, 0.1) is 24.5 Å². The molecule has 3 atom stereocenters. The van der Waals surface area contributed by atoms with Gasteiger partial charge in [0.1, 0.15) is 35.7 Å². The zero-order chi connectivity index (χ0) is 34.8. The first kappa shape index (κ1) is 33.6. The molecule has 0 spiro atoms. The van der Waals surface area contributed by atoms with Crippen molar-refractivity contribution in [3.05, 3.63) is 118 Å². The van der Waals surface area contributed by atoms with Gasteiger partial charge in [0.25, 0.3) is 0 Å². The second kappa shape index (κ2) is 14.2. The monoisotopic (exact) mass is 682 g/mol. The van der Waals surface area contributed by atoms with Crippen LogP contribution in [0.2, 0.25) is 0 Å². The first-order chi connectivity index (χ1) is 24.2. The van der Waals surface area contributed by atoms with Crippen LogP contribution in [0.15, 0.2) is 84.2 Å². The molecular formula is C38H44F2N8O2. The molecule has 0 aliphatic carbocycles. The van der Waals surface area contributed by atoms with E-state index in [9.17, 15) is 9.18 Å². The molecule has 0 N–H and O–H groups in total. The van der Waals surface area contributed by atoms with E-state index in [1.807, 2.05) is 26.0 Å². The Balaban J connectivity index is 0.929. The lowest BCUT2D eigenvalue weighted by molar-refractivity contribution is -0.0204. The average molecular weight is 683 g/mol. The minimum atomic E-state index is -0.937. The van der Waals surface area contributed by atoms with Crippen molar-refractivity contribution < 1.29 is 13.5 Å². The Morgan fingerprint density at radius 3 is 2.20 bits per heavy atom. The van der Waals surface area contributed by atoms with Gasteiger partial charge in [-0.1, -0.05) is 25.1 Å². The maximum atomic E-state index is 15.1. The maximum Gasteiger partial charge on any atom is 0.350 e. The third-order valence-electron chi connectivity index (χ3n) is 10.3. The summed E-state index contributed by atoms with van der Waals surface area (Å²) in [5, 5.41) is 8.74. The Morgan fingerprint density at radius 1 is 0.920 bits per heavy atom. The van der Waals surface area contributed by atoms with Gasteiger partial charge >= 0.3 is 5.69 Å². The van der Waals surface area contributed by atoms with Crippen LogP contribution in [0.3, 0.4) is 0 Å². The molecule has 10 nitrogen and oxygen atoms in total. The topological polar surface area (TPSA) is 86.2 Å². The van der Waals surface area contributed by atoms with Gasteiger partial charge in [-0.05, 0) is 93.5 Å². The lowest BCUT2D eigenvalue weighted by Gasteiger charge is -2.37. The summed E-state index contributed by atoms with van der Waals surface area (Å²) < 4.78 is 40.0. The first-order valence-corrected chi connectivity index (χ1v) is 17.5. The number of ether oxygens (including phenoxy) is 1. The molecule has 4 heterocycles. The number of benzene rings is 3. The molecule has 2 fully saturated rings. The van der Waals surface area contributed by atoms with Crippen molar-refractivity contribution in [2.75, 3.05) is 42.6 Å². The van der Waals surface area contributed by atoms with Crippen molar-refractivity contribution in [2.45, 2.75) is 64.6 Å². The minimum Gasteiger partial charge on any atom is -0.368 e. The Bertz CT molecular complexity index is 1960. The normalized spacial score (nSPS) is 20.1. The van der Waals surface area contributed by atoms with Crippen LogP contribution < -0.4 is 15.5 Å². The van der Waals surface area contributed by atoms with Crippen LogP contribution in [0.4, 0.5) is 20.2 Å². The Hall–Kier alpha value is -4.84. The van der Waals surface area contributed by atoms with Crippen molar-refractivity contribution in [3.63, 3.8) is 0 Å². The number of piperazine rings is 1. The SMILES string of the molecule is CCC(C)n1cnn(-c2ccc(N3CCN(c4ccc(CCC5COC(Cn6cnc(C)n6)(c6ccc(F)cc6F)C5)cc4)CC3)cc2)c1=O. The van der Waals surface area contributed by atoms with Crippen LogP contribution >= 0.6 is 0 Å². The molecule has 2 saturated heterocycles. The number of aryl methyl sites for hydroxylation is 2. The lowest BCUT2D eigenvalue weighted by atomic mass is 9.84. The van der Waals surface area contributed by atoms with E-state index in [1.165, 1.54) is 28.1 Å². The van der Waals surface area contributed by atoms with E-state index in [1.54, 1.807) is 21.9 Å². The van der Waals surface area contributed by atoms with Crippen molar-refractivity contribution >= 4 is 11.4 Å². The number of halogens is 2. The molecule has 0 saturated carbocycles. The highest BCUT2D eigenvalue weighted by Crippen LogP contribution is 2.43. The Morgan fingerprint density at radius 2 is 1.58 bits per heavy atom. The fourth-order valence-corrected chi connectivity index (χ4v) is 7.28. The predicted molar refractivity (Wildman–Crippen MR) is 189 cm³/mol. The molecule has 7 rings (SSSR count). The van der Waals surface area contributed by atoms with Gasteiger partial charge < -0.3 is 14.5 Å². The van der Waals surface area contributed by atoms with Gasteiger partial charge in [0.2, 0.25) is 0 Å². The molecule has 2 aromatic heterocycles. The van der Waals surface area contributed by atoms with Gasteiger partial charge in [-0.25, -0.2) is 23.2 Å². The molecule has 12 heteroatoms. The van der Waals surface area contributed by atoms with Crippen LogP contribution in [-0.2, 0) is 23.3 Å². The predicted octanol–water partition coefficient (Wildman–Crippen LogP) is 6.07. The Kier molecular flexibility index (Phi) is 9.54. The number of hydrogen-bond donors (Lipinski definition) is 0. The van der Waals surface area contributed by atoms with Gasteiger partial charge in [0.15, 0.2) is 0 Å². The van der Waals surface area contributed by atoms with Gasteiger partial charge in [-0.2, -0.15) is 14.9 Å². The summed E-state index contributed by atoms with van der Waals surface area (Å²) in [5.41, 5.74) is 3.66. The zero-order valence-electron chi connectivity index (χ0n) is 28.9.